The van der Waals surface area contributed by atoms with Crippen molar-refractivity contribution in [2.75, 3.05) is 0 Å². The number of rotatable bonds is 2. The minimum Gasteiger partial charge on any atom is -0.455 e. The predicted molar refractivity (Wildman–Crippen MR) is 71.6 cm³/mol. The van der Waals surface area contributed by atoms with Crippen molar-refractivity contribution < 1.29 is 9.53 Å². The SMILES string of the molecule is CC(C=O)c1ccc2c(c1)Sc1ccccc1O2. The first-order valence-electron chi connectivity index (χ1n) is 5.82. The Labute approximate surface area is 110 Å². The van der Waals surface area contributed by atoms with Crippen LogP contribution in [0.4, 0.5) is 0 Å². The molecule has 1 atom stereocenters. The summed E-state index contributed by atoms with van der Waals surface area (Å²) in [5, 5.41) is 0. The number of hydrogen-bond donors (Lipinski definition) is 0. The lowest BCUT2D eigenvalue weighted by Gasteiger charge is -2.20. The van der Waals surface area contributed by atoms with Gasteiger partial charge in [0.1, 0.15) is 17.8 Å². The number of benzene rings is 2. The highest BCUT2D eigenvalue weighted by atomic mass is 32.2. The van der Waals surface area contributed by atoms with Crippen LogP contribution in [0.15, 0.2) is 52.3 Å². The first-order chi connectivity index (χ1) is 8.78. The minimum atomic E-state index is -0.0759. The van der Waals surface area contributed by atoms with Gasteiger partial charge in [-0.25, -0.2) is 0 Å². The third kappa shape index (κ3) is 1.91. The van der Waals surface area contributed by atoms with Gasteiger partial charge >= 0.3 is 0 Å². The Morgan fingerprint density at radius 2 is 1.89 bits per heavy atom. The number of ether oxygens (including phenoxy) is 1. The van der Waals surface area contributed by atoms with Crippen molar-refractivity contribution in [1.82, 2.24) is 0 Å². The molecule has 0 N–H and O–H groups in total. The Kier molecular flexibility index (Phi) is 2.84. The number of hydrogen-bond acceptors (Lipinski definition) is 3. The first kappa shape index (κ1) is 11.4. The van der Waals surface area contributed by atoms with E-state index in [0.717, 1.165) is 33.1 Å². The zero-order valence-electron chi connectivity index (χ0n) is 9.92. The largest absolute Gasteiger partial charge is 0.455 e. The van der Waals surface area contributed by atoms with Crippen molar-refractivity contribution in [3.05, 3.63) is 48.0 Å². The summed E-state index contributed by atoms with van der Waals surface area (Å²) in [5.41, 5.74) is 1.03. The topological polar surface area (TPSA) is 26.3 Å². The zero-order chi connectivity index (χ0) is 12.5. The van der Waals surface area contributed by atoms with Gasteiger partial charge in [0.2, 0.25) is 0 Å². The Hall–Kier alpha value is -1.74. The number of aldehydes is 1. The van der Waals surface area contributed by atoms with E-state index in [-0.39, 0.29) is 5.92 Å². The molecule has 0 aromatic heterocycles. The molecule has 1 aliphatic rings. The van der Waals surface area contributed by atoms with Crippen molar-refractivity contribution in [3.63, 3.8) is 0 Å². The molecular formula is C15H12O2S. The van der Waals surface area contributed by atoms with E-state index in [1.807, 2.05) is 49.4 Å². The van der Waals surface area contributed by atoms with E-state index in [0.29, 0.717) is 0 Å². The number of carbonyl (C=O) groups excluding carboxylic acids is 1. The Morgan fingerprint density at radius 3 is 2.72 bits per heavy atom. The molecule has 0 fully saturated rings. The minimum absolute atomic E-state index is 0.0759. The van der Waals surface area contributed by atoms with Crippen LogP contribution in [0, 0.1) is 0 Å². The van der Waals surface area contributed by atoms with Crippen LogP contribution in [-0.2, 0) is 4.79 Å². The molecule has 2 aromatic carbocycles. The van der Waals surface area contributed by atoms with Gasteiger partial charge in [0.15, 0.2) is 0 Å². The summed E-state index contributed by atoms with van der Waals surface area (Å²) in [7, 11) is 0. The Balaban J connectivity index is 2.01. The fourth-order valence-corrected chi connectivity index (χ4v) is 2.91. The van der Waals surface area contributed by atoms with E-state index >= 15 is 0 Å². The number of para-hydroxylation sites is 1. The van der Waals surface area contributed by atoms with E-state index in [9.17, 15) is 4.79 Å². The number of fused-ring (bicyclic) bond motifs is 2. The van der Waals surface area contributed by atoms with E-state index in [1.54, 1.807) is 11.8 Å². The van der Waals surface area contributed by atoms with Crippen LogP contribution in [0.1, 0.15) is 18.4 Å². The molecule has 0 saturated heterocycles. The van der Waals surface area contributed by atoms with Crippen molar-refractivity contribution in [2.24, 2.45) is 0 Å². The maximum Gasteiger partial charge on any atom is 0.141 e. The third-order valence-electron chi connectivity index (χ3n) is 2.99. The summed E-state index contributed by atoms with van der Waals surface area (Å²) in [5.74, 6) is 1.68. The monoisotopic (exact) mass is 256 g/mol. The van der Waals surface area contributed by atoms with Crippen LogP contribution in [0.5, 0.6) is 11.5 Å². The van der Waals surface area contributed by atoms with E-state index < -0.39 is 0 Å². The average molecular weight is 256 g/mol. The lowest BCUT2D eigenvalue weighted by Crippen LogP contribution is -1.98. The van der Waals surface area contributed by atoms with Gasteiger partial charge in [0.05, 0.1) is 9.79 Å². The summed E-state index contributed by atoms with van der Waals surface area (Å²) in [4.78, 5) is 13.0. The standard InChI is InChI=1S/C15H12O2S/c1-10(9-16)11-6-7-13-15(8-11)18-14-5-3-2-4-12(14)17-13/h2-10H,1H3. The van der Waals surface area contributed by atoms with Crippen molar-refractivity contribution in [3.8, 4) is 11.5 Å². The maximum absolute atomic E-state index is 10.8. The van der Waals surface area contributed by atoms with E-state index in [4.69, 9.17) is 4.74 Å². The summed E-state index contributed by atoms with van der Waals surface area (Å²) in [6.45, 7) is 1.90. The molecule has 0 saturated carbocycles. The van der Waals surface area contributed by atoms with E-state index in [2.05, 4.69) is 0 Å². The molecule has 1 aliphatic heterocycles. The Morgan fingerprint density at radius 1 is 1.11 bits per heavy atom. The molecule has 0 bridgehead atoms. The summed E-state index contributed by atoms with van der Waals surface area (Å²) in [6.07, 6.45) is 0.962. The van der Waals surface area contributed by atoms with Crippen LogP contribution >= 0.6 is 11.8 Å². The van der Waals surface area contributed by atoms with Gasteiger partial charge in [-0.3, -0.25) is 0 Å². The lowest BCUT2D eigenvalue weighted by atomic mass is 10.0. The zero-order valence-corrected chi connectivity index (χ0v) is 10.7. The highest BCUT2D eigenvalue weighted by Crippen LogP contribution is 2.47. The summed E-state index contributed by atoms with van der Waals surface area (Å²) >= 11 is 1.68. The van der Waals surface area contributed by atoms with Crippen LogP contribution < -0.4 is 4.74 Å². The highest BCUT2D eigenvalue weighted by Gasteiger charge is 2.18. The van der Waals surface area contributed by atoms with Gasteiger partial charge in [-0.05, 0) is 29.8 Å². The van der Waals surface area contributed by atoms with Gasteiger partial charge in [-0.15, -0.1) is 0 Å². The molecule has 90 valence electrons. The number of carbonyl (C=O) groups is 1. The molecule has 2 nitrogen and oxygen atoms in total. The molecule has 0 amide bonds. The fraction of sp³-hybridized carbons (Fsp3) is 0.133. The molecule has 18 heavy (non-hydrogen) atoms. The van der Waals surface area contributed by atoms with Crippen molar-refractivity contribution in [2.45, 2.75) is 22.6 Å². The quantitative estimate of drug-likeness (QED) is 0.641. The molecule has 3 rings (SSSR count). The first-order valence-corrected chi connectivity index (χ1v) is 6.63. The molecule has 3 heteroatoms. The fourth-order valence-electron chi connectivity index (χ4n) is 1.91. The maximum atomic E-state index is 10.8. The van der Waals surface area contributed by atoms with Crippen molar-refractivity contribution in [1.29, 1.82) is 0 Å². The van der Waals surface area contributed by atoms with Crippen LogP contribution in [-0.4, -0.2) is 6.29 Å². The van der Waals surface area contributed by atoms with Crippen LogP contribution in [0.25, 0.3) is 0 Å². The smallest absolute Gasteiger partial charge is 0.141 e. The summed E-state index contributed by atoms with van der Waals surface area (Å²) < 4.78 is 5.84. The molecule has 0 aliphatic carbocycles. The lowest BCUT2D eigenvalue weighted by molar-refractivity contribution is -0.108. The molecule has 1 heterocycles. The molecule has 2 aromatic rings. The van der Waals surface area contributed by atoms with Gasteiger partial charge in [-0.1, -0.05) is 36.9 Å². The van der Waals surface area contributed by atoms with Gasteiger partial charge < -0.3 is 9.53 Å². The second-order valence-corrected chi connectivity index (χ2v) is 5.37. The molecule has 0 radical (unpaired) electrons. The van der Waals surface area contributed by atoms with Crippen molar-refractivity contribution >= 4 is 18.0 Å². The molecular weight excluding hydrogens is 244 g/mol. The second kappa shape index (κ2) is 4.50. The highest BCUT2D eigenvalue weighted by molar-refractivity contribution is 7.99. The molecule has 0 spiro atoms. The predicted octanol–water partition coefficient (Wildman–Crippen LogP) is 4.25. The third-order valence-corrected chi connectivity index (χ3v) is 4.08. The second-order valence-electron chi connectivity index (χ2n) is 4.28. The molecule has 1 unspecified atom stereocenters. The van der Waals surface area contributed by atoms with Gasteiger partial charge in [0, 0.05) is 5.92 Å². The van der Waals surface area contributed by atoms with Crippen LogP contribution in [0.3, 0.4) is 0 Å². The summed E-state index contributed by atoms with van der Waals surface area (Å²) in [6, 6.07) is 13.9. The normalized spacial score (nSPS) is 14.1. The van der Waals surface area contributed by atoms with E-state index in [1.165, 1.54) is 0 Å². The van der Waals surface area contributed by atoms with Gasteiger partial charge in [0.25, 0.3) is 0 Å². The van der Waals surface area contributed by atoms with Crippen LogP contribution in [0.2, 0.25) is 0 Å². The Bertz CT molecular complexity index is 607. The average Bonchev–Trinajstić information content (AvgIpc) is 2.43. The van der Waals surface area contributed by atoms with Gasteiger partial charge in [-0.2, -0.15) is 0 Å².